The van der Waals surface area contributed by atoms with Crippen LogP contribution in [0.15, 0.2) is 77.4 Å². The largest absolute Gasteiger partial charge is 0.464 e. The summed E-state index contributed by atoms with van der Waals surface area (Å²) in [6.07, 6.45) is 1.62. The van der Waals surface area contributed by atoms with Gasteiger partial charge in [-0.2, -0.15) is 0 Å². The highest BCUT2D eigenvalue weighted by atomic mass is 16.5. The average molecular weight is 387 g/mol. The van der Waals surface area contributed by atoms with Gasteiger partial charge in [0.25, 0.3) is 5.91 Å². The highest BCUT2D eigenvalue weighted by Crippen LogP contribution is 2.30. The molecule has 3 aromatic carbocycles. The van der Waals surface area contributed by atoms with E-state index in [9.17, 15) is 9.59 Å². The second-order valence-corrected chi connectivity index (χ2v) is 6.96. The Morgan fingerprint density at radius 2 is 1.76 bits per heavy atom. The van der Waals surface area contributed by atoms with Gasteiger partial charge in [-0.1, -0.05) is 60.7 Å². The molecule has 4 aromatic rings. The van der Waals surface area contributed by atoms with E-state index in [0.717, 1.165) is 32.9 Å². The smallest absolute Gasteiger partial charge is 0.310 e. The number of fused-ring (bicyclic) bond motifs is 3. The van der Waals surface area contributed by atoms with Crippen molar-refractivity contribution in [2.45, 2.75) is 19.4 Å². The molecule has 1 atom stereocenters. The van der Waals surface area contributed by atoms with Gasteiger partial charge in [-0.05, 0) is 29.3 Å². The predicted octanol–water partition coefficient (Wildman–Crippen LogP) is 4.55. The number of hydrogen-bond acceptors (Lipinski definition) is 4. The molecule has 0 aliphatic carbocycles. The van der Waals surface area contributed by atoms with Crippen molar-refractivity contribution < 1.29 is 18.7 Å². The van der Waals surface area contributed by atoms with Gasteiger partial charge in [-0.25, -0.2) is 0 Å². The molecule has 0 aliphatic rings. The van der Waals surface area contributed by atoms with Gasteiger partial charge in [0.15, 0.2) is 6.61 Å². The molecule has 0 aliphatic heterocycles. The fraction of sp³-hybridized carbons (Fsp3) is 0.167. The quantitative estimate of drug-likeness (QED) is 0.493. The Bertz CT molecular complexity index is 1160. The topological polar surface area (TPSA) is 68.5 Å². The maximum atomic E-state index is 12.3. The van der Waals surface area contributed by atoms with Crippen LogP contribution in [0.2, 0.25) is 0 Å². The lowest BCUT2D eigenvalue weighted by Crippen LogP contribution is -2.31. The zero-order chi connectivity index (χ0) is 20.2. The van der Waals surface area contributed by atoms with E-state index in [0.29, 0.717) is 0 Å². The molecule has 29 heavy (non-hydrogen) atoms. The van der Waals surface area contributed by atoms with E-state index in [-0.39, 0.29) is 25.0 Å². The second kappa shape index (κ2) is 8.19. The lowest BCUT2D eigenvalue weighted by Gasteiger charge is -2.14. The third kappa shape index (κ3) is 4.14. The van der Waals surface area contributed by atoms with Crippen LogP contribution in [0.1, 0.15) is 24.1 Å². The zero-order valence-electron chi connectivity index (χ0n) is 16.1. The number of nitrogens with one attached hydrogen (secondary N) is 1. The number of amides is 1. The van der Waals surface area contributed by atoms with Crippen molar-refractivity contribution in [2.75, 3.05) is 6.61 Å². The van der Waals surface area contributed by atoms with Crippen LogP contribution in [-0.2, 0) is 20.7 Å². The Morgan fingerprint density at radius 1 is 1.00 bits per heavy atom. The van der Waals surface area contributed by atoms with Crippen LogP contribution < -0.4 is 5.32 Å². The van der Waals surface area contributed by atoms with Crippen molar-refractivity contribution in [3.63, 3.8) is 0 Å². The van der Waals surface area contributed by atoms with Crippen LogP contribution in [0, 0.1) is 0 Å². The number of hydrogen-bond donors (Lipinski definition) is 1. The number of furan rings is 1. The van der Waals surface area contributed by atoms with E-state index >= 15 is 0 Å². The Balaban J connectivity index is 1.39. The number of carbonyl (C=O) groups is 2. The van der Waals surface area contributed by atoms with Crippen LogP contribution in [0.3, 0.4) is 0 Å². The van der Waals surface area contributed by atoms with Crippen molar-refractivity contribution in [3.8, 4) is 0 Å². The molecule has 0 unspecified atom stereocenters. The van der Waals surface area contributed by atoms with Crippen LogP contribution in [0.4, 0.5) is 0 Å². The fourth-order valence-electron chi connectivity index (χ4n) is 3.47. The molecule has 0 saturated carbocycles. The van der Waals surface area contributed by atoms with Gasteiger partial charge >= 0.3 is 5.97 Å². The number of ether oxygens (including phenoxy) is 1. The summed E-state index contributed by atoms with van der Waals surface area (Å²) in [5, 5.41) is 5.83. The molecular weight excluding hydrogens is 366 g/mol. The van der Waals surface area contributed by atoms with E-state index in [1.807, 2.05) is 73.7 Å². The molecular formula is C24H21NO4. The Labute approximate surface area is 168 Å². The maximum absolute atomic E-state index is 12.3. The molecule has 1 heterocycles. The van der Waals surface area contributed by atoms with Crippen LogP contribution >= 0.6 is 0 Å². The number of benzene rings is 3. The molecule has 0 fully saturated rings. The van der Waals surface area contributed by atoms with E-state index in [1.54, 1.807) is 6.26 Å². The second-order valence-electron chi connectivity index (χ2n) is 6.96. The molecule has 1 aromatic heterocycles. The molecule has 4 rings (SSSR count). The highest BCUT2D eigenvalue weighted by molar-refractivity contribution is 6.08. The lowest BCUT2D eigenvalue weighted by molar-refractivity contribution is -0.148. The summed E-state index contributed by atoms with van der Waals surface area (Å²) in [6, 6.07) is 21.3. The van der Waals surface area contributed by atoms with Gasteiger partial charge in [-0.15, -0.1) is 0 Å². The minimum Gasteiger partial charge on any atom is -0.464 e. The maximum Gasteiger partial charge on any atom is 0.310 e. The van der Waals surface area contributed by atoms with Crippen molar-refractivity contribution >= 4 is 33.6 Å². The standard InChI is InChI=1S/C24H21NO4/c1-16(17-7-3-2-4-8-17)25-22(26)15-29-23(27)13-19-14-28-21-12-11-18-9-5-6-10-20(18)24(19)21/h2-12,14,16H,13,15H2,1H3,(H,25,26)/t16-/m0/s1. The first-order valence-corrected chi connectivity index (χ1v) is 9.49. The molecule has 0 spiro atoms. The first-order chi connectivity index (χ1) is 14.1. The van der Waals surface area contributed by atoms with Crippen molar-refractivity contribution in [2.24, 2.45) is 0 Å². The van der Waals surface area contributed by atoms with Gasteiger partial charge in [0.2, 0.25) is 0 Å². The molecule has 0 saturated heterocycles. The first kappa shape index (κ1) is 18.7. The van der Waals surface area contributed by atoms with Gasteiger partial charge in [0.05, 0.1) is 18.7 Å². The summed E-state index contributed by atoms with van der Waals surface area (Å²) in [5.41, 5.74) is 2.46. The average Bonchev–Trinajstić information content (AvgIpc) is 3.16. The number of carbonyl (C=O) groups excluding carboxylic acids is 2. The Hall–Kier alpha value is -3.60. The lowest BCUT2D eigenvalue weighted by atomic mass is 10.0. The predicted molar refractivity (Wildman–Crippen MR) is 111 cm³/mol. The van der Waals surface area contributed by atoms with Gasteiger partial charge in [0.1, 0.15) is 5.58 Å². The Kier molecular flexibility index (Phi) is 5.29. The molecule has 5 heteroatoms. The van der Waals surface area contributed by atoms with Crippen LogP contribution in [0.25, 0.3) is 21.7 Å². The molecule has 1 N–H and O–H groups in total. The summed E-state index contributed by atoms with van der Waals surface area (Å²) in [4.78, 5) is 24.4. The molecule has 146 valence electrons. The number of rotatable bonds is 6. The van der Waals surface area contributed by atoms with Crippen molar-refractivity contribution in [1.82, 2.24) is 5.32 Å². The normalized spacial score (nSPS) is 12.0. The molecule has 0 bridgehead atoms. The summed E-state index contributed by atoms with van der Waals surface area (Å²) in [6.45, 7) is 1.57. The molecule has 0 radical (unpaired) electrons. The van der Waals surface area contributed by atoms with Crippen molar-refractivity contribution in [3.05, 3.63) is 84.1 Å². The summed E-state index contributed by atoms with van der Waals surface area (Å²) < 4.78 is 10.8. The molecule has 1 amide bonds. The highest BCUT2D eigenvalue weighted by Gasteiger charge is 2.16. The Morgan fingerprint density at radius 3 is 2.59 bits per heavy atom. The van der Waals surface area contributed by atoms with E-state index in [2.05, 4.69) is 5.32 Å². The van der Waals surface area contributed by atoms with Crippen LogP contribution in [0.5, 0.6) is 0 Å². The fourth-order valence-corrected chi connectivity index (χ4v) is 3.47. The number of esters is 1. The van der Waals surface area contributed by atoms with Gasteiger partial charge < -0.3 is 14.5 Å². The SMILES string of the molecule is C[C@H](NC(=O)COC(=O)Cc1coc2ccc3ccccc3c12)c1ccccc1. The van der Waals surface area contributed by atoms with E-state index < -0.39 is 5.97 Å². The van der Waals surface area contributed by atoms with Gasteiger partial charge in [-0.3, -0.25) is 9.59 Å². The monoisotopic (exact) mass is 387 g/mol. The minimum absolute atomic E-state index is 0.0442. The summed E-state index contributed by atoms with van der Waals surface area (Å²) >= 11 is 0. The van der Waals surface area contributed by atoms with Crippen molar-refractivity contribution in [1.29, 1.82) is 0 Å². The van der Waals surface area contributed by atoms with E-state index in [4.69, 9.17) is 9.15 Å². The minimum atomic E-state index is -0.469. The zero-order valence-corrected chi connectivity index (χ0v) is 16.1. The molecule has 5 nitrogen and oxygen atoms in total. The first-order valence-electron chi connectivity index (χ1n) is 9.49. The third-order valence-corrected chi connectivity index (χ3v) is 4.92. The summed E-state index contributed by atoms with van der Waals surface area (Å²) in [5.74, 6) is -0.805. The van der Waals surface area contributed by atoms with Gasteiger partial charge in [0, 0.05) is 10.9 Å². The van der Waals surface area contributed by atoms with Crippen LogP contribution in [-0.4, -0.2) is 18.5 Å². The third-order valence-electron chi connectivity index (χ3n) is 4.92. The van der Waals surface area contributed by atoms with E-state index in [1.165, 1.54) is 0 Å². The summed E-state index contributed by atoms with van der Waals surface area (Å²) in [7, 11) is 0.